The Morgan fingerprint density at radius 2 is 2.30 bits per heavy atom. The summed E-state index contributed by atoms with van der Waals surface area (Å²) in [5.74, 6) is 0.962. The maximum Gasteiger partial charge on any atom is 0.193 e. The number of nitrogens with two attached hydrogens (primary N) is 1. The summed E-state index contributed by atoms with van der Waals surface area (Å²) < 4.78 is 23.1. The highest BCUT2D eigenvalue weighted by Crippen LogP contribution is 2.18. The first-order valence-corrected chi connectivity index (χ1v) is 8.61. The topological polar surface area (TPSA) is 84.5 Å². The number of guanidine groups is 1. The predicted octanol–water partition coefficient (Wildman–Crippen LogP) is 1.55. The fourth-order valence-corrected chi connectivity index (χ4v) is 4.16. The first kappa shape index (κ1) is 14.8. The summed E-state index contributed by atoms with van der Waals surface area (Å²) >= 11 is 0. The van der Waals surface area contributed by atoms with E-state index in [4.69, 9.17) is 5.73 Å². The van der Waals surface area contributed by atoms with Crippen molar-refractivity contribution < 1.29 is 8.42 Å². The molecule has 0 spiro atoms. The van der Waals surface area contributed by atoms with Crippen molar-refractivity contribution in [3.63, 3.8) is 0 Å². The highest BCUT2D eigenvalue weighted by Gasteiger charge is 2.24. The molecule has 3 N–H and O–H groups in total. The molecule has 0 bridgehead atoms. The van der Waals surface area contributed by atoms with Crippen LogP contribution in [0.4, 0.5) is 5.69 Å². The molecule has 0 amide bonds. The number of anilines is 1. The van der Waals surface area contributed by atoms with Crippen molar-refractivity contribution in [2.75, 3.05) is 23.4 Å². The third kappa shape index (κ3) is 4.52. The third-order valence-electron chi connectivity index (χ3n) is 3.37. The molecule has 6 heteroatoms. The van der Waals surface area contributed by atoms with E-state index in [1.54, 1.807) is 0 Å². The number of nitrogens with zero attached hydrogens (tertiary/aromatic N) is 1. The van der Waals surface area contributed by atoms with Crippen molar-refractivity contribution in [1.82, 2.24) is 0 Å². The Morgan fingerprint density at radius 3 is 3.00 bits per heavy atom. The molecule has 0 saturated carbocycles. The Hall–Kier alpha value is -1.56. The minimum absolute atomic E-state index is 0.0895. The van der Waals surface area contributed by atoms with Crippen LogP contribution in [0.1, 0.15) is 18.4 Å². The maximum absolute atomic E-state index is 11.5. The molecular formula is C14H21N3O2S. The van der Waals surface area contributed by atoms with Crippen LogP contribution in [0.2, 0.25) is 0 Å². The van der Waals surface area contributed by atoms with Gasteiger partial charge in [-0.2, -0.15) is 0 Å². The fraction of sp³-hybridized carbons (Fsp3) is 0.500. The van der Waals surface area contributed by atoms with E-state index in [2.05, 4.69) is 10.3 Å². The molecule has 20 heavy (non-hydrogen) atoms. The molecule has 0 radical (unpaired) electrons. The van der Waals surface area contributed by atoms with Crippen molar-refractivity contribution in [3.05, 3.63) is 29.8 Å². The maximum atomic E-state index is 11.5. The monoisotopic (exact) mass is 295 g/mol. The van der Waals surface area contributed by atoms with Crippen LogP contribution < -0.4 is 11.1 Å². The lowest BCUT2D eigenvalue weighted by atomic mass is 10.1. The first-order valence-electron chi connectivity index (χ1n) is 6.79. The zero-order chi connectivity index (χ0) is 14.6. The van der Waals surface area contributed by atoms with Crippen LogP contribution in [-0.2, 0) is 9.84 Å². The summed E-state index contributed by atoms with van der Waals surface area (Å²) in [5, 5.41) is 3.02. The number of aliphatic imine (C=N–C) groups is 1. The summed E-state index contributed by atoms with van der Waals surface area (Å²) in [6, 6.07) is 7.85. The second kappa shape index (κ2) is 6.26. The Bertz CT molecular complexity index is 596. The molecule has 1 aliphatic heterocycles. The molecule has 0 aliphatic carbocycles. The Balaban J connectivity index is 1.91. The molecule has 1 aliphatic rings. The highest BCUT2D eigenvalue weighted by molar-refractivity contribution is 7.91. The van der Waals surface area contributed by atoms with Crippen molar-refractivity contribution in [3.8, 4) is 0 Å². The summed E-state index contributed by atoms with van der Waals surface area (Å²) in [6.45, 7) is 2.47. The molecule has 1 saturated heterocycles. The summed E-state index contributed by atoms with van der Waals surface area (Å²) in [6.07, 6.45) is 1.63. The number of sulfone groups is 1. The van der Waals surface area contributed by atoms with Crippen molar-refractivity contribution >= 4 is 21.5 Å². The van der Waals surface area contributed by atoms with Crippen LogP contribution in [-0.4, -0.2) is 32.4 Å². The van der Waals surface area contributed by atoms with Crippen molar-refractivity contribution in [2.24, 2.45) is 16.6 Å². The highest BCUT2D eigenvalue weighted by atomic mass is 32.2. The molecule has 1 aromatic carbocycles. The van der Waals surface area contributed by atoms with Gasteiger partial charge in [-0.15, -0.1) is 0 Å². The van der Waals surface area contributed by atoms with E-state index in [0.717, 1.165) is 24.1 Å². The fourth-order valence-electron chi connectivity index (χ4n) is 2.40. The predicted molar refractivity (Wildman–Crippen MR) is 82.7 cm³/mol. The number of hydrogen-bond acceptors (Lipinski definition) is 3. The number of nitrogens with one attached hydrogen (secondary N) is 1. The number of aryl methyl sites for hydroxylation is 1. The smallest absolute Gasteiger partial charge is 0.193 e. The van der Waals surface area contributed by atoms with Gasteiger partial charge in [0.25, 0.3) is 0 Å². The van der Waals surface area contributed by atoms with E-state index in [1.807, 2.05) is 31.2 Å². The molecule has 110 valence electrons. The summed E-state index contributed by atoms with van der Waals surface area (Å²) in [5.41, 5.74) is 7.86. The molecular weight excluding hydrogens is 274 g/mol. The van der Waals surface area contributed by atoms with E-state index in [9.17, 15) is 8.42 Å². The minimum atomic E-state index is -2.87. The normalized spacial score (nSPS) is 22.4. The van der Waals surface area contributed by atoms with E-state index < -0.39 is 9.84 Å². The van der Waals surface area contributed by atoms with E-state index in [-0.39, 0.29) is 11.7 Å². The molecule has 1 unspecified atom stereocenters. The van der Waals surface area contributed by atoms with Crippen LogP contribution in [0.5, 0.6) is 0 Å². The van der Waals surface area contributed by atoms with Gasteiger partial charge in [-0.3, -0.25) is 4.99 Å². The standard InChI is InChI=1S/C14H21N3O2S/c1-11-4-2-6-13(8-11)17-14(15)16-9-12-5-3-7-20(18,19)10-12/h2,4,6,8,12H,3,5,7,9-10H2,1H3,(H3,15,16,17). The molecule has 1 aromatic rings. The van der Waals surface area contributed by atoms with E-state index in [0.29, 0.717) is 18.3 Å². The molecule has 5 nitrogen and oxygen atoms in total. The first-order chi connectivity index (χ1) is 9.44. The van der Waals surface area contributed by atoms with Gasteiger partial charge < -0.3 is 11.1 Å². The summed E-state index contributed by atoms with van der Waals surface area (Å²) in [4.78, 5) is 4.26. The second-order valence-corrected chi connectivity index (χ2v) is 7.57. The number of hydrogen-bond donors (Lipinski definition) is 2. The van der Waals surface area contributed by atoms with Gasteiger partial charge in [0.15, 0.2) is 15.8 Å². The number of rotatable bonds is 3. The molecule has 1 atom stereocenters. The average Bonchev–Trinajstić information content (AvgIpc) is 2.35. The quantitative estimate of drug-likeness (QED) is 0.654. The molecule has 0 aromatic heterocycles. The van der Waals surface area contributed by atoms with Crippen LogP contribution >= 0.6 is 0 Å². The van der Waals surface area contributed by atoms with Crippen molar-refractivity contribution in [2.45, 2.75) is 19.8 Å². The van der Waals surface area contributed by atoms with E-state index in [1.165, 1.54) is 0 Å². The van der Waals surface area contributed by atoms with Gasteiger partial charge in [-0.1, -0.05) is 12.1 Å². The molecule has 2 rings (SSSR count). The van der Waals surface area contributed by atoms with Crippen LogP contribution in [0.15, 0.2) is 29.3 Å². The zero-order valence-electron chi connectivity index (χ0n) is 11.7. The van der Waals surface area contributed by atoms with Gasteiger partial charge in [0.05, 0.1) is 11.5 Å². The Kier molecular flexibility index (Phi) is 4.65. The SMILES string of the molecule is Cc1cccc(NC(N)=NCC2CCCS(=O)(=O)C2)c1. The van der Waals surface area contributed by atoms with Crippen molar-refractivity contribution in [1.29, 1.82) is 0 Å². The van der Waals surface area contributed by atoms with Gasteiger partial charge in [0.1, 0.15) is 0 Å². The molecule has 1 heterocycles. The van der Waals surface area contributed by atoms with Gasteiger partial charge in [-0.05, 0) is 43.4 Å². The van der Waals surface area contributed by atoms with Crippen LogP contribution in [0.25, 0.3) is 0 Å². The van der Waals surface area contributed by atoms with Crippen LogP contribution in [0, 0.1) is 12.8 Å². The third-order valence-corrected chi connectivity index (χ3v) is 5.26. The lowest BCUT2D eigenvalue weighted by Gasteiger charge is -2.20. The lowest BCUT2D eigenvalue weighted by Crippen LogP contribution is -2.29. The lowest BCUT2D eigenvalue weighted by molar-refractivity contribution is 0.494. The Labute approximate surface area is 120 Å². The largest absolute Gasteiger partial charge is 0.370 e. The number of benzene rings is 1. The van der Waals surface area contributed by atoms with Gasteiger partial charge >= 0.3 is 0 Å². The van der Waals surface area contributed by atoms with Gasteiger partial charge in [0.2, 0.25) is 0 Å². The zero-order valence-corrected chi connectivity index (χ0v) is 12.5. The second-order valence-electron chi connectivity index (χ2n) is 5.34. The van der Waals surface area contributed by atoms with Gasteiger partial charge in [0, 0.05) is 12.2 Å². The van der Waals surface area contributed by atoms with Gasteiger partial charge in [-0.25, -0.2) is 8.42 Å². The minimum Gasteiger partial charge on any atom is -0.370 e. The van der Waals surface area contributed by atoms with E-state index >= 15 is 0 Å². The molecule has 1 fully saturated rings. The Morgan fingerprint density at radius 1 is 1.50 bits per heavy atom. The average molecular weight is 295 g/mol. The van der Waals surface area contributed by atoms with Crippen LogP contribution in [0.3, 0.4) is 0 Å². The summed E-state index contributed by atoms with van der Waals surface area (Å²) in [7, 11) is -2.87.